The summed E-state index contributed by atoms with van der Waals surface area (Å²) in [6, 6.07) is 12.5. The van der Waals surface area contributed by atoms with Gasteiger partial charge in [-0.1, -0.05) is 30.3 Å². The number of hydrogen-bond acceptors (Lipinski definition) is 1. The summed E-state index contributed by atoms with van der Waals surface area (Å²) >= 11 is 0. The SMILES string of the molecule is Cc1ccc(F)cc1C1(O)CCc2ccccc21. The van der Waals surface area contributed by atoms with Crippen molar-refractivity contribution in [1.82, 2.24) is 0 Å². The smallest absolute Gasteiger partial charge is 0.123 e. The van der Waals surface area contributed by atoms with Gasteiger partial charge in [-0.05, 0) is 54.2 Å². The average molecular weight is 242 g/mol. The second kappa shape index (κ2) is 3.92. The van der Waals surface area contributed by atoms with Crippen molar-refractivity contribution in [1.29, 1.82) is 0 Å². The highest BCUT2D eigenvalue weighted by Gasteiger charge is 2.39. The maximum absolute atomic E-state index is 13.4. The van der Waals surface area contributed by atoms with Gasteiger partial charge >= 0.3 is 0 Å². The van der Waals surface area contributed by atoms with Crippen LogP contribution in [0.15, 0.2) is 42.5 Å². The summed E-state index contributed by atoms with van der Waals surface area (Å²) in [5.41, 5.74) is 2.65. The first-order chi connectivity index (χ1) is 8.61. The van der Waals surface area contributed by atoms with Crippen molar-refractivity contribution in [3.8, 4) is 0 Å². The Kier molecular flexibility index (Phi) is 2.49. The third-order valence-electron chi connectivity index (χ3n) is 3.86. The third kappa shape index (κ3) is 1.57. The second-order valence-corrected chi connectivity index (χ2v) is 4.98. The number of hydrogen-bond donors (Lipinski definition) is 1. The molecule has 0 saturated heterocycles. The molecule has 92 valence electrons. The largest absolute Gasteiger partial charge is 0.380 e. The van der Waals surface area contributed by atoms with E-state index in [2.05, 4.69) is 0 Å². The quantitative estimate of drug-likeness (QED) is 0.813. The van der Waals surface area contributed by atoms with Gasteiger partial charge in [-0.25, -0.2) is 4.39 Å². The van der Waals surface area contributed by atoms with Crippen molar-refractivity contribution in [2.24, 2.45) is 0 Å². The molecule has 1 aliphatic carbocycles. The van der Waals surface area contributed by atoms with E-state index < -0.39 is 5.60 Å². The van der Waals surface area contributed by atoms with E-state index in [0.717, 1.165) is 23.1 Å². The van der Waals surface area contributed by atoms with Crippen LogP contribution in [0.4, 0.5) is 4.39 Å². The summed E-state index contributed by atoms with van der Waals surface area (Å²) < 4.78 is 13.4. The number of aliphatic hydroxyl groups is 1. The number of halogens is 1. The van der Waals surface area contributed by atoms with Gasteiger partial charge in [0.15, 0.2) is 0 Å². The zero-order valence-corrected chi connectivity index (χ0v) is 10.3. The lowest BCUT2D eigenvalue weighted by molar-refractivity contribution is 0.0819. The molecule has 0 fully saturated rings. The molecule has 1 N–H and O–H groups in total. The van der Waals surface area contributed by atoms with E-state index in [-0.39, 0.29) is 5.82 Å². The third-order valence-corrected chi connectivity index (χ3v) is 3.86. The van der Waals surface area contributed by atoms with Gasteiger partial charge in [-0.15, -0.1) is 0 Å². The molecule has 0 heterocycles. The maximum Gasteiger partial charge on any atom is 0.123 e. The monoisotopic (exact) mass is 242 g/mol. The summed E-state index contributed by atoms with van der Waals surface area (Å²) in [7, 11) is 0. The fraction of sp³-hybridized carbons (Fsp3) is 0.250. The van der Waals surface area contributed by atoms with E-state index in [9.17, 15) is 9.50 Å². The molecule has 0 spiro atoms. The Hall–Kier alpha value is -1.67. The molecule has 0 bridgehead atoms. The Labute approximate surface area is 106 Å². The molecule has 1 aliphatic rings. The molecule has 0 radical (unpaired) electrons. The maximum atomic E-state index is 13.4. The van der Waals surface area contributed by atoms with E-state index in [4.69, 9.17) is 0 Å². The summed E-state index contributed by atoms with van der Waals surface area (Å²) in [6.07, 6.45) is 1.46. The predicted octanol–water partition coefficient (Wildman–Crippen LogP) is 3.32. The van der Waals surface area contributed by atoms with Gasteiger partial charge in [-0.3, -0.25) is 0 Å². The zero-order valence-electron chi connectivity index (χ0n) is 10.3. The van der Waals surface area contributed by atoms with Crippen LogP contribution in [-0.4, -0.2) is 5.11 Å². The van der Waals surface area contributed by atoms with E-state index in [1.807, 2.05) is 31.2 Å². The number of benzene rings is 2. The van der Waals surface area contributed by atoms with Crippen LogP contribution in [0.1, 0.15) is 28.7 Å². The van der Waals surface area contributed by atoms with Crippen LogP contribution in [0.25, 0.3) is 0 Å². The van der Waals surface area contributed by atoms with Crippen LogP contribution in [0.5, 0.6) is 0 Å². The van der Waals surface area contributed by atoms with Crippen molar-refractivity contribution in [3.05, 3.63) is 70.5 Å². The second-order valence-electron chi connectivity index (χ2n) is 4.98. The Morgan fingerprint density at radius 2 is 1.89 bits per heavy atom. The van der Waals surface area contributed by atoms with E-state index in [1.54, 1.807) is 6.07 Å². The molecule has 2 aromatic carbocycles. The van der Waals surface area contributed by atoms with Crippen molar-refractivity contribution < 1.29 is 9.50 Å². The topological polar surface area (TPSA) is 20.2 Å². The Bertz CT molecular complexity index is 606. The molecular weight excluding hydrogens is 227 g/mol. The molecule has 1 unspecified atom stereocenters. The highest BCUT2D eigenvalue weighted by Crippen LogP contribution is 2.43. The molecule has 0 saturated carbocycles. The zero-order chi connectivity index (χ0) is 12.8. The fourth-order valence-electron chi connectivity index (χ4n) is 2.91. The minimum absolute atomic E-state index is 0.298. The Morgan fingerprint density at radius 1 is 1.11 bits per heavy atom. The van der Waals surface area contributed by atoms with Gasteiger partial charge in [0.05, 0.1) is 0 Å². The van der Waals surface area contributed by atoms with Gasteiger partial charge in [0, 0.05) is 0 Å². The van der Waals surface area contributed by atoms with Crippen molar-refractivity contribution in [2.45, 2.75) is 25.4 Å². The molecule has 0 aromatic heterocycles. The first kappa shape index (κ1) is 11.4. The summed E-state index contributed by atoms with van der Waals surface area (Å²) in [5.74, 6) is -0.298. The molecule has 18 heavy (non-hydrogen) atoms. The molecule has 2 aromatic rings. The highest BCUT2D eigenvalue weighted by molar-refractivity contribution is 5.47. The van der Waals surface area contributed by atoms with E-state index in [0.29, 0.717) is 12.0 Å². The highest BCUT2D eigenvalue weighted by atomic mass is 19.1. The lowest BCUT2D eigenvalue weighted by atomic mass is 9.85. The minimum atomic E-state index is -1.04. The van der Waals surface area contributed by atoms with Gasteiger partial charge in [0.1, 0.15) is 11.4 Å². The molecule has 0 amide bonds. The molecule has 3 rings (SSSR count). The van der Waals surface area contributed by atoms with Crippen LogP contribution in [0.2, 0.25) is 0 Å². The normalized spacial score (nSPS) is 21.9. The predicted molar refractivity (Wildman–Crippen MR) is 68.9 cm³/mol. The van der Waals surface area contributed by atoms with Gasteiger partial charge in [0.2, 0.25) is 0 Å². The van der Waals surface area contributed by atoms with E-state index in [1.165, 1.54) is 12.1 Å². The fourth-order valence-corrected chi connectivity index (χ4v) is 2.91. The molecule has 0 aliphatic heterocycles. The number of rotatable bonds is 1. The van der Waals surface area contributed by atoms with Crippen LogP contribution in [-0.2, 0) is 12.0 Å². The Morgan fingerprint density at radius 3 is 2.72 bits per heavy atom. The summed E-state index contributed by atoms with van der Waals surface area (Å²) in [4.78, 5) is 0. The number of aryl methyl sites for hydroxylation is 2. The van der Waals surface area contributed by atoms with Gasteiger partial charge in [0.25, 0.3) is 0 Å². The average Bonchev–Trinajstić information content (AvgIpc) is 2.72. The minimum Gasteiger partial charge on any atom is -0.380 e. The van der Waals surface area contributed by atoms with Crippen LogP contribution >= 0.6 is 0 Å². The first-order valence-electron chi connectivity index (χ1n) is 6.19. The Balaban J connectivity index is 2.20. The first-order valence-corrected chi connectivity index (χ1v) is 6.19. The molecule has 2 heteroatoms. The van der Waals surface area contributed by atoms with Gasteiger partial charge < -0.3 is 5.11 Å². The van der Waals surface area contributed by atoms with Crippen LogP contribution in [0.3, 0.4) is 0 Å². The van der Waals surface area contributed by atoms with Crippen molar-refractivity contribution in [3.63, 3.8) is 0 Å². The summed E-state index contributed by atoms with van der Waals surface area (Å²) in [6.45, 7) is 1.91. The van der Waals surface area contributed by atoms with Crippen molar-refractivity contribution in [2.75, 3.05) is 0 Å². The standard InChI is InChI=1S/C16H15FO/c1-11-6-7-13(17)10-15(11)16(18)9-8-12-4-2-3-5-14(12)16/h2-7,10,18H,8-9H2,1H3. The molecular formula is C16H15FO. The molecule has 1 atom stereocenters. The van der Waals surface area contributed by atoms with Crippen molar-refractivity contribution >= 4 is 0 Å². The number of fused-ring (bicyclic) bond motifs is 1. The van der Waals surface area contributed by atoms with Crippen LogP contribution < -0.4 is 0 Å². The molecule has 1 nitrogen and oxygen atoms in total. The summed E-state index contributed by atoms with van der Waals surface area (Å²) in [5, 5.41) is 11.0. The van der Waals surface area contributed by atoms with E-state index >= 15 is 0 Å². The van der Waals surface area contributed by atoms with Gasteiger partial charge in [-0.2, -0.15) is 0 Å². The lowest BCUT2D eigenvalue weighted by Crippen LogP contribution is -2.25. The lowest BCUT2D eigenvalue weighted by Gasteiger charge is -2.26. The van der Waals surface area contributed by atoms with Crippen LogP contribution in [0, 0.1) is 12.7 Å².